The molecule has 17 atom stereocenters. The number of rotatable bonds is 55. The molecule has 534 valence electrons. The zero-order valence-electron chi connectivity index (χ0n) is 56.5. The minimum Gasteiger partial charge on any atom is -0.394 e. The number of aliphatic hydroxyl groups is 11. The Morgan fingerprint density at radius 2 is 0.750 bits per heavy atom. The Balaban J connectivity index is 1.26. The minimum absolute atomic E-state index is 0.245. The van der Waals surface area contributed by atoms with Crippen LogP contribution in [0, 0.1) is 0 Å². The van der Waals surface area contributed by atoms with Gasteiger partial charge < -0.3 is 89.9 Å². The van der Waals surface area contributed by atoms with Crippen LogP contribution in [0.15, 0.2) is 72.9 Å². The summed E-state index contributed by atoms with van der Waals surface area (Å²) < 4.78 is 34.3. The fourth-order valence-electron chi connectivity index (χ4n) is 12.0. The van der Waals surface area contributed by atoms with Gasteiger partial charge in [-0.3, -0.25) is 4.79 Å². The summed E-state index contributed by atoms with van der Waals surface area (Å²) in [7, 11) is 0. The number of carbonyl (C=O) groups is 1. The smallest absolute Gasteiger partial charge is 0.220 e. The number of unbranched alkanes of at least 4 members (excludes halogenated alkanes) is 27. The molecule has 3 heterocycles. The molecule has 3 rings (SSSR count). The first-order valence-corrected chi connectivity index (χ1v) is 36.2. The molecule has 0 spiro atoms. The molecule has 0 saturated carbocycles. The molecule has 3 aliphatic rings. The van der Waals surface area contributed by atoms with Crippen molar-refractivity contribution in [3.05, 3.63) is 72.9 Å². The monoisotopic (exact) mass is 1310 g/mol. The van der Waals surface area contributed by atoms with Gasteiger partial charge in [0.2, 0.25) is 5.91 Å². The highest BCUT2D eigenvalue weighted by Crippen LogP contribution is 2.33. The van der Waals surface area contributed by atoms with E-state index >= 15 is 0 Å². The molecule has 0 aromatic heterocycles. The first-order valence-electron chi connectivity index (χ1n) is 36.2. The van der Waals surface area contributed by atoms with Crippen molar-refractivity contribution in [2.75, 3.05) is 26.4 Å². The molecule has 0 bridgehead atoms. The molecular formula is C73H129NO18. The molecule has 1 amide bonds. The third-order valence-electron chi connectivity index (χ3n) is 17.8. The van der Waals surface area contributed by atoms with E-state index < -0.39 is 124 Å². The average molecular weight is 1310 g/mol. The molecule has 0 aromatic carbocycles. The maximum Gasteiger partial charge on any atom is 0.220 e. The van der Waals surface area contributed by atoms with Gasteiger partial charge in [-0.25, -0.2) is 0 Å². The van der Waals surface area contributed by atoms with E-state index in [4.69, 9.17) is 28.4 Å². The lowest BCUT2D eigenvalue weighted by molar-refractivity contribution is -0.379. The van der Waals surface area contributed by atoms with Crippen LogP contribution < -0.4 is 5.32 Å². The fourth-order valence-corrected chi connectivity index (χ4v) is 12.0. The molecule has 17 unspecified atom stereocenters. The Kier molecular flexibility index (Phi) is 49.2. The molecule has 3 fully saturated rings. The van der Waals surface area contributed by atoms with E-state index in [0.29, 0.717) is 12.8 Å². The summed E-state index contributed by atoms with van der Waals surface area (Å²) in [6.07, 6.45) is 41.9. The highest BCUT2D eigenvalue weighted by Gasteiger charge is 2.53. The zero-order chi connectivity index (χ0) is 66.8. The van der Waals surface area contributed by atoms with Crippen LogP contribution in [0.25, 0.3) is 0 Å². The van der Waals surface area contributed by atoms with Crippen molar-refractivity contribution in [2.45, 2.75) is 356 Å². The van der Waals surface area contributed by atoms with Crippen LogP contribution >= 0.6 is 0 Å². The minimum atomic E-state index is -1.97. The Morgan fingerprint density at radius 1 is 0.402 bits per heavy atom. The van der Waals surface area contributed by atoms with Crippen molar-refractivity contribution < 1.29 is 89.4 Å². The summed E-state index contributed by atoms with van der Waals surface area (Å²) in [5, 5.41) is 120. The highest BCUT2D eigenvalue weighted by atomic mass is 16.8. The molecule has 0 aliphatic carbocycles. The second-order valence-corrected chi connectivity index (χ2v) is 25.7. The first kappa shape index (κ1) is 83.5. The van der Waals surface area contributed by atoms with Crippen molar-refractivity contribution in [2.24, 2.45) is 0 Å². The molecule has 3 aliphatic heterocycles. The van der Waals surface area contributed by atoms with Crippen LogP contribution in [0.5, 0.6) is 0 Å². The van der Waals surface area contributed by atoms with Crippen LogP contribution in [0.1, 0.15) is 251 Å². The van der Waals surface area contributed by atoms with Gasteiger partial charge in [0.1, 0.15) is 73.2 Å². The van der Waals surface area contributed by atoms with Gasteiger partial charge >= 0.3 is 0 Å². The lowest BCUT2D eigenvalue weighted by Crippen LogP contribution is -2.66. The van der Waals surface area contributed by atoms with Crippen LogP contribution in [-0.2, 0) is 33.2 Å². The van der Waals surface area contributed by atoms with Crippen molar-refractivity contribution in [1.29, 1.82) is 0 Å². The van der Waals surface area contributed by atoms with Crippen molar-refractivity contribution in [3.8, 4) is 0 Å². The van der Waals surface area contributed by atoms with Crippen LogP contribution in [0.4, 0.5) is 0 Å². The van der Waals surface area contributed by atoms with E-state index in [2.05, 4.69) is 92.1 Å². The normalized spacial score (nSPS) is 28.1. The van der Waals surface area contributed by atoms with Crippen LogP contribution in [0.2, 0.25) is 0 Å². The molecule has 19 heteroatoms. The van der Waals surface area contributed by atoms with Gasteiger partial charge in [-0.2, -0.15) is 0 Å². The molecule has 92 heavy (non-hydrogen) atoms. The van der Waals surface area contributed by atoms with E-state index in [1.807, 2.05) is 0 Å². The average Bonchev–Trinajstić information content (AvgIpc) is 0.830. The zero-order valence-corrected chi connectivity index (χ0v) is 56.5. The standard InChI is InChI=1S/C73H129NO18/c1-3-5-7-9-11-13-14-15-16-17-18-19-20-21-22-23-24-25-26-27-28-29-30-31-32-33-34-35-36-37-38-39-40-41-42-43-45-47-49-51-61(79)74-56(57(78)50-48-46-44-12-10-8-6-4-2)55-87-71-67(85)64(82)69(59(53-76)89-71)92-73-68(86)65(83)70(60(54-77)90-73)91-72-66(84)63(81)62(80)58(52-75)88-72/h5,7,11,13,15-16,18-19,21-22,24-25,56-60,62-73,75-78,80-86H,3-4,6,8-10,12,14,17,20,23,26-55H2,1-2H3,(H,74,79)/b7-5-,13-11-,16-15-,19-18-,22-21-,25-24-. The van der Waals surface area contributed by atoms with Gasteiger partial charge in [-0.1, -0.05) is 254 Å². The van der Waals surface area contributed by atoms with Gasteiger partial charge in [0.05, 0.1) is 38.6 Å². The Morgan fingerprint density at radius 3 is 1.17 bits per heavy atom. The lowest BCUT2D eigenvalue weighted by atomic mass is 9.96. The molecular weight excluding hydrogens is 1180 g/mol. The molecule has 12 N–H and O–H groups in total. The third kappa shape index (κ3) is 35.5. The molecule has 0 aromatic rings. The summed E-state index contributed by atoms with van der Waals surface area (Å²) in [5.74, 6) is -0.245. The van der Waals surface area contributed by atoms with Gasteiger partial charge in [0.15, 0.2) is 18.9 Å². The number of carbonyl (C=O) groups excluding carboxylic acids is 1. The summed E-state index contributed by atoms with van der Waals surface area (Å²) in [6, 6.07) is -0.885. The Hall–Kier alpha value is -2.77. The maximum absolute atomic E-state index is 13.4. The van der Waals surface area contributed by atoms with E-state index in [1.54, 1.807) is 0 Å². The number of aliphatic hydroxyl groups excluding tert-OH is 11. The number of ether oxygens (including phenoxy) is 6. The summed E-state index contributed by atoms with van der Waals surface area (Å²) in [4.78, 5) is 13.4. The van der Waals surface area contributed by atoms with E-state index in [-0.39, 0.29) is 18.9 Å². The van der Waals surface area contributed by atoms with Crippen LogP contribution in [0.3, 0.4) is 0 Å². The highest BCUT2D eigenvalue weighted by molar-refractivity contribution is 5.76. The van der Waals surface area contributed by atoms with E-state index in [9.17, 15) is 61.0 Å². The SMILES string of the molecule is CC/C=C\C/C=C\C/C=C\C/C=C\C/C=C\C/C=C\CCCCCCCCCCCCCCCCCCCCCCC(=O)NC(COC1OC(CO)C(OC2OC(CO)C(OC3OC(CO)C(O)C(O)C3O)C(O)C2O)C(O)C1O)C(O)CCCCCCCCCC. The lowest BCUT2D eigenvalue weighted by Gasteiger charge is -2.48. The van der Waals surface area contributed by atoms with E-state index in [1.165, 1.54) is 135 Å². The number of allylic oxidation sites excluding steroid dienone is 12. The number of nitrogens with one attached hydrogen (secondary N) is 1. The summed E-state index contributed by atoms with van der Waals surface area (Å²) in [6.45, 7) is 1.63. The topological polar surface area (TPSA) is 307 Å². The predicted octanol–water partition coefficient (Wildman–Crippen LogP) is 10.1. The second-order valence-electron chi connectivity index (χ2n) is 25.7. The van der Waals surface area contributed by atoms with Crippen molar-refractivity contribution in [1.82, 2.24) is 5.32 Å². The Labute approximate surface area is 553 Å². The molecule has 19 nitrogen and oxygen atoms in total. The summed E-state index contributed by atoms with van der Waals surface area (Å²) >= 11 is 0. The van der Waals surface area contributed by atoms with Crippen LogP contribution in [-0.4, -0.2) is 193 Å². The number of hydrogen-bond donors (Lipinski definition) is 12. The number of amides is 1. The van der Waals surface area contributed by atoms with Crippen molar-refractivity contribution in [3.63, 3.8) is 0 Å². The third-order valence-corrected chi connectivity index (χ3v) is 17.8. The largest absolute Gasteiger partial charge is 0.394 e. The molecule has 0 radical (unpaired) electrons. The second kappa shape index (κ2) is 54.3. The maximum atomic E-state index is 13.4. The fraction of sp³-hybridized carbons (Fsp3) is 0.822. The predicted molar refractivity (Wildman–Crippen MR) is 360 cm³/mol. The Bertz CT molecular complexity index is 1950. The van der Waals surface area contributed by atoms with E-state index in [0.717, 1.165) is 83.5 Å². The summed E-state index contributed by atoms with van der Waals surface area (Å²) in [5.41, 5.74) is 0. The number of hydrogen-bond acceptors (Lipinski definition) is 18. The first-order chi connectivity index (χ1) is 44.8. The van der Waals surface area contributed by atoms with Gasteiger partial charge in [0.25, 0.3) is 0 Å². The van der Waals surface area contributed by atoms with Gasteiger partial charge in [0, 0.05) is 6.42 Å². The van der Waals surface area contributed by atoms with Gasteiger partial charge in [-0.15, -0.1) is 0 Å². The molecule has 3 saturated heterocycles. The van der Waals surface area contributed by atoms with Crippen molar-refractivity contribution >= 4 is 5.91 Å². The quantitative estimate of drug-likeness (QED) is 0.0199. The van der Waals surface area contributed by atoms with Gasteiger partial charge in [-0.05, 0) is 64.2 Å².